The third-order valence-corrected chi connectivity index (χ3v) is 7.32. The number of nitrogens with one attached hydrogen (secondary N) is 1. The number of nitrogens with zero attached hydrogens (tertiary/aromatic N) is 2. The predicted octanol–water partition coefficient (Wildman–Crippen LogP) is 4.23. The summed E-state index contributed by atoms with van der Waals surface area (Å²) in [6, 6.07) is 4.40. The van der Waals surface area contributed by atoms with Crippen LogP contribution in [0.5, 0.6) is 0 Å². The van der Waals surface area contributed by atoms with E-state index in [0.717, 1.165) is 24.4 Å². The number of amides is 1. The number of carbonyl (C=O) groups excluding carboxylic acids is 1. The van der Waals surface area contributed by atoms with Crippen LogP contribution in [-0.4, -0.2) is 42.1 Å². The molecule has 1 heterocycles. The van der Waals surface area contributed by atoms with Crippen LogP contribution in [0.1, 0.15) is 41.7 Å². The molecule has 0 bridgehead atoms. The summed E-state index contributed by atoms with van der Waals surface area (Å²) < 4.78 is 102. The van der Waals surface area contributed by atoms with E-state index in [1.165, 1.54) is 6.07 Å². The molecule has 3 rings (SSSR count). The summed E-state index contributed by atoms with van der Waals surface area (Å²) in [4.78, 5) is 12.0. The van der Waals surface area contributed by atoms with Crippen LogP contribution in [-0.2, 0) is 22.6 Å². The SMILES string of the molecule is O=C(NC1CCC(CS(=O)(=O)c2cccc(C(F)(F)F)c2)CC1)c1ccnn1CC(F)(F)F. The molecular weight excluding hydrogens is 476 g/mol. The number of rotatable bonds is 6. The van der Waals surface area contributed by atoms with E-state index in [4.69, 9.17) is 0 Å². The molecule has 0 aliphatic heterocycles. The molecule has 1 aromatic heterocycles. The third-order valence-electron chi connectivity index (χ3n) is 5.44. The molecule has 0 unspecified atom stereocenters. The van der Waals surface area contributed by atoms with E-state index in [0.29, 0.717) is 36.4 Å². The lowest BCUT2D eigenvalue weighted by Crippen LogP contribution is -2.39. The van der Waals surface area contributed by atoms with E-state index in [1.807, 2.05) is 0 Å². The maximum absolute atomic E-state index is 12.9. The van der Waals surface area contributed by atoms with Crippen molar-refractivity contribution in [1.29, 1.82) is 0 Å². The normalized spacial score (nSPS) is 19.9. The van der Waals surface area contributed by atoms with Crippen LogP contribution in [0.2, 0.25) is 0 Å². The molecule has 2 aromatic rings. The zero-order chi connectivity index (χ0) is 24.4. The van der Waals surface area contributed by atoms with Gasteiger partial charge in [0.25, 0.3) is 5.91 Å². The van der Waals surface area contributed by atoms with Gasteiger partial charge < -0.3 is 5.32 Å². The number of sulfone groups is 1. The molecule has 1 aliphatic carbocycles. The minimum Gasteiger partial charge on any atom is -0.348 e. The van der Waals surface area contributed by atoms with Crippen molar-refractivity contribution in [2.24, 2.45) is 5.92 Å². The third kappa shape index (κ3) is 6.71. The number of alkyl halides is 6. The Bertz CT molecular complexity index is 1090. The quantitative estimate of drug-likeness (QED) is 0.606. The molecule has 0 radical (unpaired) electrons. The van der Waals surface area contributed by atoms with E-state index in [9.17, 15) is 39.6 Å². The highest BCUT2D eigenvalue weighted by Gasteiger charge is 2.34. The Kier molecular flexibility index (Phi) is 7.10. The van der Waals surface area contributed by atoms with Crippen molar-refractivity contribution in [3.63, 3.8) is 0 Å². The van der Waals surface area contributed by atoms with Gasteiger partial charge in [-0.05, 0) is 55.9 Å². The van der Waals surface area contributed by atoms with Crippen molar-refractivity contribution in [1.82, 2.24) is 15.1 Å². The molecule has 1 aromatic carbocycles. The van der Waals surface area contributed by atoms with E-state index < -0.39 is 45.1 Å². The summed E-state index contributed by atoms with van der Waals surface area (Å²) in [5.74, 6) is -1.35. The lowest BCUT2D eigenvalue weighted by Gasteiger charge is -2.29. The summed E-state index contributed by atoms with van der Waals surface area (Å²) in [5, 5.41) is 6.16. The Morgan fingerprint density at radius 3 is 2.33 bits per heavy atom. The minimum atomic E-state index is -4.66. The van der Waals surface area contributed by atoms with Gasteiger partial charge in [0.15, 0.2) is 9.84 Å². The van der Waals surface area contributed by atoms with Gasteiger partial charge in [-0.25, -0.2) is 8.42 Å². The van der Waals surface area contributed by atoms with Crippen molar-refractivity contribution in [2.45, 2.75) is 55.5 Å². The molecule has 6 nitrogen and oxygen atoms in total. The van der Waals surface area contributed by atoms with Crippen LogP contribution < -0.4 is 5.32 Å². The molecule has 182 valence electrons. The van der Waals surface area contributed by atoms with Gasteiger partial charge in [0, 0.05) is 12.2 Å². The topological polar surface area (TPSA) is 81.1 Å². The van der Waals surface area contributed by atoms with Crippen molar-refractivity contribution in [3.05, 3.63) is 47.8 Å². The predicted molar refractivity (Wildman–Crippen MR) is 105 cm³/mol. The Hall–Kier alpha value is -2.57. The van der Waals surface area contributed by atoms with Gasteiger partial charge in [-0.15, -0.1) is 0 Å². The number of benzene rings is 1. The Labute approximate surface area is 185 Å². The standard InChI is InChI=1S/C20H21F6N3O3S/c21-19(22,23)12-29-17(8-9-27-29)18(30)28-15-6-4-13(5-7-15)11-33(31,32)16-3-1-2-14(10-16)20(24,25)26/h1-3,8-10,13,15H,4-7,11-12H2,(H,28,30). The molecule has 13 heteroatoms. The first-order valence-electron chi connectivity index (χ1n) is 10.0. The van der Waals surface area contributed by atoms with Crippen LogP contribution in [0, 0.1) is 5.92 Å². The highest BCUT2D eigenvalue weighted by Crippen LogP contribution is 2.32. The van der Waals surface area contributed by atoms with Gasteiger partial charge in [-0.1, -0.05) is 6.07 Å². The van der Waals surface area contributed by atoms with Crippen LogP contribution in [0.15, 0.2) is 41.4 Å². The second-order valence-electron chi connectivity index (χ2n) is 7.99. The lowest BCUT2D eigenvalue weighted by atomic mass is 9.87. The van der Waals surface area contributed by atoms with Crippen LogP contribution >= 0.6 is 0 Å². The van der Waals surface area contributed by atoms with Gasteiger partial charge in [-0.2, -0.15) is 31.4 Å². The zero-order valence-electron chi connectivity index (χ0n) is 17.2. The molecule has 1 amide bonds. The summed E-state index contributed by atoms with van der Waals surface area (Å²) >= 11 is 0. The number of carbonyl (C=O) groups is 1. The Balaban J connectivity index is 1.56. The number of hydrogen-bond donors (Lipinski definition) is 1. The summed E-state index contributed by atoms with van der Waals surface area (Å²) in [7, 11) is -3.95. The van der Waals surface area contributed by atoms with Gasteiger partial charge in [0.2, 0.25) is 0 Å². The smallest absolute Gasteiger partial charge is 0.348 e. The summed E-state index contributed by atoms with van der Waals surface area (Å²) in [6.45, 7) is -1.40. The lowest BCUT2D eigenvalue weighted by molar-refractivity contribution is -0.142. The Morgan fingerprint density at radius 2 is 1.73 bits per heavy atom. The molecule has 0 spiro atoms. The second-order valence-corrected chi connectivity index (χ2v) is 10.0. The van der Waals surface area contributed by atoms with Crippen LogP contribution in [0.25, 0.3) is 0 Å². The molecule has 1 N–H and O–H groups in total. The van der Waals surface area contributed by atoms with E-state index in [-0.39, 0.29) is 23.4 Å². The molecule has 0 atom stereocenters. The van der Waals surface area contributed by atoms with E-state index in [1.54, 1.807) is 0 Å². The van der Waals surface area contributed by atoms with Crippen molar-refractivity contribution < 1.29 is 39.6 Å². The van der Waals surface area contributed by atoms with Gasteiger partial charge >= 0.3 is 12.4 Å². The zero-order valence-corrected chi connectivity index (χ0v) is 18.0. The fraction of sp³-hybridized carbons (Fsp3) is 0.500. The Morgan fingerprint density at radius 1 is 1.06 bits per heavy atom. The highest BCUT2D eigenvalue weighted by molar-refractivity contribution is 7.91. The molecular formula is C20H21F6N3O3S. The summed E-state index contributed by atoms with van der Waals surface area (Å²) in [6.07, 6.45) is -6.53. The average Bonchev–Trinajstić information content (AvgIpc) is 3.15. The molecule has 1 aliphatic rings. The van der Waals surface area contributed by atoms with E-state index in [2.05, 4.69) is 10.4 Å². The van der Waals surface area contributed by atoms with Crippen LogP contribution in [0.4, 0.5) is 26.3 Å². The molecule has 1 saturated carbocycles. The monoisotopic (exact) mass is 497 g/mol. The fourth-order valence-corrected chi connectivity index (χ4v) is 5.57. The number of halogens is 6. The van der Waals surface area contributed by atoms with Gasteiger partial charge in [0.1, 0.15) is 12.2 Å². The van der Waals surface area contributed by atoms with Crippen molar-refractivity contribution in [2.75, 3.05) is 5.75 Å². The summed E-state index contributed by atoms with van der Waals surface area (Å²) in [5.41, 5.74) is -1.28. The number of aromatic nitrogens is 2. The molecule has 1 fully saturated rings. The maximum Gasteiger partial charge on any atom is 0.416 e. The second kappa shape index (κ2) is 9.35. The van der Waals surface area contributed by atoms with Gasteiger partial charge in [-0.3, -0.25) is 9.48 Å². The first-order valence-corrected chi connectivity index (χ1v) is 11.7. The van der Waals surface area contributed by atoms with Crippen LogP contribution in [0.3, 0.4) is 0 Å². The molecule has 0 saturated heterocycles. The van der Waals surface area contributed by atoms with E-state index >= 15 is 0 Å². The average molecular weight is 497 g/mol. The van der Waals surface area contributed by atoms with Crippen molar-refractivity contribution >= 4 is 15.7 Å². The molecule has 33 heavy (non-hydrogen) atoms. The maximum atomic E-state index is 12.9. The van der Waals surface area contributed by atoms with Gasteiger partial charge in [0.05, 0.1) is 16.2 Å². The first-order chi connectivity index (χ1) is 15.2. The highest BCUT2D eigenvalue weighted by atomic mass is 32.2. The largest absolute Gasteiger partial charge is 0.416 e. The minimum absolute atomic E-state index is 0.235. The first kappa shape index (κ1) is 25.1. The van der Waals surface area contributed by atoms with Crippen molar-refractivity contribution in [3.8, 4) is 0 Å². The number of hydrogen-bond acceptors (Lipinski definition) is 4. The fourth-order valence-electron chi connectivity index (χ4n) is 3.83.